The summed E-state index contributed by atoms with van der Waals surface area (Å²) >= 11 is 5.90. The van der Waals surface area contributed by atoms with Crippen LogP contribution in [0.3, 0.4) is 0 Å². The molecule has 0 radical (unpaired) electrons. The maximum atomic E-state index is 13.1. The van der Waals surface area contributed by atoms with Crippen molar-refractivity contribution in [2.45, 2.75) is 12.5 Å². The van der Waals surface area contributed by atoms with E-state index in [4.69, 9.17) is 16.0 Å². The molecule has 1 unspecified atom stereocenters. The third kappa shape index (κ3) is 2.71. The van der Waals surface area contributed by atoms with Crippen LogP contribution < -0.4 is 5.32 Å². The summed E-state index contributed by atoms with van der Waals surface area (Å²) in [6.07, 6.45) is 1.99. The Morgan fingerprint density at radius 1 is 1.28 bits per heavy atom. The zero-order valence-electron chi connectivity index (χ0n) is 9.71. The van der Waals surface area contributed by atoms with Crippen molar-refractivity contribution < 1.29 is 13.2 Å². The molecule has 18 heavy (non-hydrogen) atoms. The number of hydrogen-bond acceptors (Lipinski definition) is 2. The van der Waals surface area contributed by atoms with Gasteiger partial charge >= 0.3 is 0 Å². The normalized spacial score (nSPS) is 12.7. The van der Waals surface area contributed by atoms with Crippen LogP contribution in [0.25, 0.3) is 0 Å². The first-order valence-electron chi connectivity index (χ1n) is 5.46. The van der Waals surface area contributed by atoms with Gasteiger partial charge < -0.3 is 9.73 Å². The van der Waals surface area contributed by atoms with E-state index in [1.165, 1.54) is 12.3 Å². The molecular weight excluding hydrogens is 260 g/mol. The van der Waals surface area contributed by atoms with Gasteiger partial charge in [0.15, 0.2) is 16.9 Å². The molecule has 0 aliphatic heterocycles. The lowest BCUT2D eigenvalue weighted by molar-refractivity contribution is 0.504. The summed E-state index contributed by atoms with van der Waals surface area (Å²) in [7, 11) is 1.77. The molecule has 0 amide bonds. The Hall–Kier alpha value is -1.39. The highest BCUT2D eigenvalue weighted by Crippen LogP contribution is 2.26. The number of nitrogens with one attached hydrogen (secondary N) is 1. The lowest BCUT2D eigenvalue weighted by atomic mass is 10.0. The fourth-order valence-electron chi connectivity index (χ4n) is 1.82. The average molecular weight is 272 g/mol. The second kappa shape index (κ2) is 5.50. The smallest absolute Gasteiger partial charge is 0.197 e. The molecule has 0 aliphatic carbocycles. The zero-order chi connectivity index (χ0) is 13.1. The van der Waals surface area contributed by atoms with Crippen LogP contribution in [0, 0.1) is 11.6 Å². The van der Waals surface area contributed by atoms with Crippen LogP contribution in [-0.4, -0.2) is 7.05 Å². The lowest BCUT2D eigenvalue weighted by Gasteiger charge is -2.15. The van der Waals surface area contributed by atoms with Gasteiger partial charge in [0, 0.05) is 11.6 Å². The Bertz CT molecular complexity index is 542. The number of halogens is 3. The van der Waals surface area contributed by atoms with Gasteiger partial charge in [-0.25, -0.2) is 8.78 Å². The summed E-state index contributed by atoms with van der Waals surface area (Å²) in [5.74, 6) is -1.69. The molecule has 1 N–H and O–H groups in total. The summed E-state index contributed by atoms with van der Waals surface area (Å²) < 4.78 is 31.0. The molecule has 96 valence electrons. The maximum Gasteiger partial charge on any atom is 0.197 e. The fourth-order valence-corrected chi connectivity index (χ4v) is 2.07. The minimum Gasteiger partial charge on any atom is -0.453 e. The number of rotatable bonds is 4. The Kier molecular flexibility index (Phi) is 3.99. The van der Waals surface area contributed by atoms with Crippen molar-refractivity contribution in [2.24, 2.45) is 0 Å². The van der Waals surface area contributed by atoms with Gasteiger partial charge in [-0.15, -0.1) is 0 Å². The first-order valence-corrected chi connectivity index (χ1v) is 5.83. The SMILES string of the molecule is CNC(Cc1ccc(F)c(F)c1)c1ccoc1Cl. The molecule has 0 spiro atoms. The third-order valence-electron chi connectivity index (χ3n) is 2.79. The summed E-state index contributed by atoms with van der Waals surface area (Å²) in [5, 5.41) is 3.37. The van der Waals surface area contributed by atoms with E-state index in [0.717, 1.165) is 11.6 Å². The van der Waals surface area contributed by atoms with Gasteiger partial charge in [0.2, 0.25) is 0 Å². The zero-order valence-corrected chi connectivity index (χ0v) is 10.5. The second-order valence-corrected chi connectivity index (χ2v) is 4.29. The molecule has 1 heterocycles. The van der Waals surface area contributed by atoms with E-state index in [1.807, 2.05) is 0 Å². The van der Waals surface area contributed by atoms with Crippen molar-refractivity contribution >= 4 is 11.6 Å². The minimum atomic E-state index is -0.847. The van der Waals surface area contributed by atoms with E-state index >= 15 is 0 Å². The second-order valence-electron chi connectivity index (χ2n) is 3.94. The van der Waals surface area contributed by atoms with Crippen LogP contribution in [-0.2, 0) is 6.42 Å². The van der Waals surface area contributed by atoms with Crippen molar-refractivity contribution in [1.29, 1.82) is 0 Å². The van der Waals surface area contributed by atoms with Crippen molar-refractivity contribution in [1.82, 2.24) is 5.32 Å². The summed E-state index contributed by atoms with van der Waals surface area (Å²) in [4.78, 5) is 0. The molecular formula is C13H12ClF2NO. The average Bonchev–Trinajstić information content (AvgIpc) is 2.77. The summed E-state index contributed by atoms with van der Waals surface area (Å²) in [5.41, 5.74) is 1.48. The van der Waals surface area contributed by atoms with Gasteiger partial charge in [-0.05, 0) is 48.8 Å². The first kappa shape index (κ1) is 13.1. The van der Waals surface area contributed by atoms with E-state index in [2.05, 4.69) is 5.32 Å². The maximum absolute atomic E-state index is 13.1. The Balaban J connectivity index is 2.20. The van der Waals surface area contributed by atoms with Gasteiger partial charge in [0.05, 0.1) is 6.26 Å². The molecule has 1 aromatic carbocycles. The van der Waals surface area contributed by atoms with Crippen LogP contribution in [0.1, 0.15) is 17.2 Å². The molecule has 0 bridgehead atoms. The van der Waals surface area contributed by atoms with Crippen LogP contribution in [0.15, 0.2) is 34.9 Å². The van der Waals surface area contributed by atoms with E-state index in [1.54, 1.807) is 19.2 Å². The highest BCUT2D eigenvalue weighted by Gasteiger charge is 2.16. The van der Waals surface area contributed by atoms with Crippen molar-refractivity contribution in [3.05, 3.63) is 58.5 Å². The van der Waals surface area contributed by atoms with E-state index in [0.29, 0.717) is 17.2 Å². The summed E-state index contributed by atoms with van der Waals surface area (Å²) in [6.45, 7) is 0. The molecule has 5 heteroatoms. The van der Waals surface area contributed by atoms with Gasteiger partial charge in [0.1, 0.15) is 0 Å². The molecule has 2 rings (SSSR count). The lowest BCUT2D eigenvalue weighted by Crippen LogP contribution is -2.18. The molecule has 2 aromatic rings. The minimum absolute atomic E-state index is 0.110. The monoisotopic (exact) mass is 271 g/mol. The molecule has 0 saturated carbocycles. The molecule has 1 atom stereocenters. The fraction of sp³-hybridized carbons (Fsp3) is 0.231. The van der Waals surface area contributed by atoms with Crippen molar-refractivity contribution in [3.63, 3.8) is 0 Å². The van der Waals surface area contributed by atoms with Gasteiger partial charge in [-0.1, -0.05) is 6.07 Å². The van der Waals surface area contributed by atoms with Crippen LogP contribution in [0.2, 0.25) is 5.22 Å². The van der Waals surface area contributed by atoms with Crippen LogP contribution in [0.4, 0.5) is 8.78 Å². The quantitative estimate of drug-likeness (QED) is 0.917. The molecule has 1 aromatic heterocycles. The first-order chi connectivity index (χ1) is 8.61. The highest BCUT2D eigenvalue weighted by atomic mass is 35.5. The number of likely N-dealkylation sites (N-methyl/N-ethyl adjacent to an activating group) is 1. The molecule has 0 fully saturated rings. The van der Waals surface area contributed by atoms with Crippen molar-refractivity contribution in [2.75, 3.05) is 7.05 Å². The van der Waals surface area contributed by atoms with Gasteiger partial charge in [0.25, 0.3) is 0 Å². The van der Waals surface area contributed by atoms with E-state index in [9.17, 15) is 8.78 Å². The van der Waals surface area contributed by atoms with Crippen LogP contribution >= 0.6 is 11.6 Å². The number of hydrogen-bond donors (Lipinski definition) is 1. The molecule has 0 saturated heterocycles. The van der Waals surface area contributed by atoms with Crippen LogP contribution in [0.5, 0.6) is 0 Å². The standard InChI is InChI=1S/C13H12ClF2NO/c1-17-12(9-4-5-18-13(9)14)7-8-2-3-10(15)11(16)6-8/h2-6,12,17H,7H2,1H3. The van der Waals surface area contributed by atoms with E-state index in [-0.39, 0.29) is 6.04 Å². The summed E-state index contributed by atoms with van der Waals surface area (Å²) in [6, 6.07) is 5.50. The number of furan rings is 1. The predicted molar refractivity (Wildman–Crippen MR) is 65.6 cm³/mol. The molecule has 0 aliphatic rings. The molecule has 2 nitrogen and oxygen atoms in total. The Labute approximate surface area is 109 Å². The predicted octanol–water partition coefficient (Wildman–Crippen LogP) is 3.71. The Morgan fingerprint density at radius 3 is 2.61 bits per heavy atom. The van der Waals surface area contributed by atoms with Gasteiger partial charge in [-0.2, -0.15) is 0 Å². The highest BCUT2D eigenvalue weighted by molar-refractivity contribution is 6.29. The third-order valence-corrected chi connectivity index (χ3v) is 3.10. The van der Waals surface area contributed by atoms with Crippen molar-refractivity contribution in [3.8, 4) is 0 Å². The number of benzene rings is 1. The largest absolute Gasteiger partial charge is 0.453 e. The topological polar surface area (TPSA) is 25.2 Å². The van der Waals surface area contributed by atoms with Gasteiger partial charge in [-0.3, -0.25) is 0 Å². The Morgan fingerprint density at radius 2 is 2.06 bits per heavy atom. The van der Waals surface area contributed by atoms with E-state index < -0.39 is 11.6 Å².